The summed E-state index contributed by atoms with van der Waals surface area (Å²) in [5.74, 6) is 0.221. The number of anilines is 2. The Labute approximate surface area is 134 Å². The van der Waals surface area contributed by atoms with Gasteiger partial charge in [-0.3, -0.25) is 0 Å². The highest BCUT2D eigenvalue weighted by atomic mass is 19.4. The molecule has 3 rings (SSSR count). The molecular formula is C15H14F3N5O. The van der Waals surface area contributed by atoms with Crippen molar-refractivity contribution in [1.29, 1.82) is 0 Å². The maximum absolute atomic E-state index is 12.3. The molecule has 0 saturated carbocycles. The molecule has 126 valence electrons. The number of nitrogens with two attached hydrogens (primary N) is 2. The highest BCUT2D eigenvalue weighted by molar-refractivity contribution is 5.90. The Kier molecular flexibility index (Phi) is 4.02. The molecule has 0 radical (unpaired) electrons. The van der Waals surface area contributed by atoms with Gasteiger partial charge in [0.15, 0.2) is 5.82 Å². The van der Waals surface area contributed by atoms with Crippen LogP contribution in [0.1, 0.15) is 5.56 Å². The smallest absolute Gasteiger partial charge is 0.399 e. The third-order valence-corrected chi connectivity index (χ3v) is 3.40. The fraction of sp³-hybridized carbons (Fsp3) is 0.200. The molecule has 1 aromatic carbocycles. The Morgan fingerprint density at radius 3 is 2.50 bits per heavy atom. The van der Waals surface area contributed by atoms with Crippen molar-refractivity contribution in [3.8, 4) is 11.1 Å². The molecule has 2 heterocycles. The quantitative estimate of drug-likeness (QED) is 0.714. The monoisotopic (exact) mass is 337 g/mol. The first-order valence-corrected chi connectivity index (χ1v) is 6.96. The minimum Gasteiger partial charge on any atom is -0.399 e. The number of benzene rings is 1. The third-order valence-electron chi connectivity index (χ3n) is 3.40. The lowest BCUT2D eigenvalue weighted by Crippen LogP contribution is -2.16. The molecule has 24 heavy (non-hydrogen) atoms. The zero-order valence-electron chi connectivity index (χ0n) is 12.4. The van der Waals surface area contributed by atoms with Gasteiger partial charge in [-0.2, -0.15) is 18.3 Å². The molecule has 4 N–H and O–H groups in total. The molecule has 6 nitrogen and oxygen atoms in total. The first kappa shape index (κ1) is 16.1. The number of hydrogen-bond donors (Lipinski definition) is 2. The van der Waals surface area contributed by atoms with Crippen LogP contribution in [0.2, 0.25) is 0 Å². The summed E-state index contributed by atoms with van der Waals surface area (Å²) in [5.41, 5.74) is 14.6. The van der Waals surface area contributed by atoms with Gasteiger partial charge in [0.2, 0.25) is 0 Å². The standard InChI is InChI=1S/C15H14F3N5O/c16-15(17,18)7-24-6-10-5-23-13(14(20)21-8-22-23)12(10)9-1-3-11(19)4-2-9/h1-5,8H,6-7,19H2,(H2,20,21,22). The Balaban J connectivity index is 2.06. The van der Waals surface area contributed by atoms with Crippen LogP contribution in [0.5, 0.6) is 0 Å². The van der Waals surface area contributed by atoms with Crippen molar-refractivity contribution in [2.24, 2.45) is 0 Å². The van der Waals surface area contributed by atoms with Crippen LogP contribution in [0.3, 0.4) is 0 Å². The largest absolute Gasteiger partial charge is 0.411 e. The van der Waals surface area contributed by atoms with Gasteiger partial charge in [0, 0.05) is 23.0 Å². The predicted octanol–water partition coefficient (Wildman–Crippen LogP) is 2.64. The second-order valence-corrected chi connectivity index (χ2v) is 5.20. The van der Waals surface area contributed by atoms with Crippen molar-refractivity contribution in [3.05, 3.63) is 42.4 Å². The van der Waals surface area contributed by atoms with E-state index in [1.807, 2.05) is 0 Å². The molecule has 3 aromatic rings. The number of aromatic nitrogens is 3. The second-order valence-electron chi connectivity index (χ2n) is 5.20. The Hall–Kier alpha value is -2.81. The fourth-order valence-electron chi connectivity index (χ4n) is 2.44. The molecule has 0 aliphatic carbocycles. The van der Waals surface area contributed by atoms with Crippen molar-refractivity contribution in [3.63, 3.8) is 0 Å². The van der Waals surface area contributed by atoms with Gasteiger partial charge in [0.1, 0.15) is 18.5 Å². The SMILES string of the molecule is Nc1ccc(-c2c(COCC(F)(F)F)cn3ncnc(N)c23)cc1. The average Bonchev–Trinajstić information content (AvgIpc) is 2.86. The summed E-state index contributed by atoms with van der Waals surface area (Å²) in [6.45, 7) is -1.57. The molecule has 9 heteroatoms. The molecule has 0 amide bonds. The first-order valence-electron chi connectivity index (χ1n) is 6.96. The van der Waals surface area contributed by atoms with Crippen molar-refractivity contribution in [2.45, 2.75) is 12.8 Å². The number of rotatable bonds is 4. The number of ether oxygens (including phenoxy) is 1. The number of nitrogen functional groups attached to an aromatic ring is 2. The Morgan fingerprint density at radius 1 is 1.12 bits per heavy atom. The predicted molar refractivity (Wildman–Crippen MR) is 83.0 cm³/mol. The fourth-order valence-corrected chi connectivity index (χ4v) is 2.44. The van der Waals surface area contributed by atoms with E-state index in [0.717, 1.165) is 5.56 Å². The molecule has 0 spiro atoms. The van der Waals surface area contributed by atoms with E-state index in [-0.39, 0.29) is 12.4 Å². The summed E-state index contributed by atoms with van der Waals surface area (Å²) in [7, 11) is 0. The van der Waals surface area contributed by atoms with E-state index in [9.17, 15) is 13.2 Å². The molecule has 0 atom stereocenters. The highest BCUT2D eigenvalue weighted by Crippen LogP contribution is 2.33. The van der Waals surface area contributed by atoms with Crippen molar-refractivity contribution >= 4 is 17.0 Å². The average molecular weight is 337 g/mol. The first-order chi connectivity index (χ1) is 11.3. The van der Waals surface area contributed by atoms with Gasteiger partial charge in [-0.15, -0.1) is 0 Å². The van der Waals surface area contributed by atoms with E-state index in [4.69, 9.17) is 16.2 Å². The molecular weight excluding hydrogens is 323 g/mol. The van der Waals surface area contributed by atoms with E-state index in [1.54, 1.807) is 30.5 Å². The lowest BCUT2D eigenvalue weighted by atomic mass is 10.0. The van der Waals surface area contributed by atoms with Crippen LogP contribution in [0.25, 0.3) is 16.6 Å². The minimum atomic E-state index is -4.39. The van der Waals surface area contributed by atoms with E-state index >= 15 is 0 Å². The maximum atomic E-state index is 12.3. The van der Waals surface area contributed by atoms with Crippen molar-refractivity contribution in [1.82, 2.24) is 14.6 Å². The van der Waals surface area contributed by atoms with Crippen LogP contribution in [-0.4, -0.2) is 27.4 Å². The van der Waals surface area contributed by atoms with Gasteiger partial charge in [-0.1, -0.05) is 12.1 Å². The molecule has 0 fully saturated rings. The van der Waals surface area contributed by atoms with E-state index in [2.05, 4.69) is 10.1 Å². The lowest BCUT2D eigenvalue weighted by Gasteiger charge is -2.09. The van der Waals surface area contributed by atoms with Crippen LogP contribution in [0.15, 0.2) is 36.8 Å². The lowest BCUT2D eigenvalue weighted by molar-refractivity contribution is -0.176. The van der Waals surface area contributed by atoms with Gasteiger partial charge in [-0.05, 0) is 17.7 Å². The summed E-state index contributed by atoms with van der Waals surface area (Å²) in [4.78, 5) is 3.94. The number of hydrogen-bond acceptors (Lipinski definition) is 5. The molecule has 2 aromatic heterocycles. The number of nitrogens with zero attached hydrogens (tertiary/aromatic N) is 3. The zero-order chi connectivity index (χ0) is 17.3. The van der Waals surface area contributed by atoms with Gasteiger partial charge in [-0.25, -0.2) is 9.50 Å². The Bertz CT molecular complexity index is 858. The van der Waals surface area contributed by atoms with Crippen LogP contribution < -0.4 is 11.5 Å². The normalized spacial score (nSPS) is 12.0. The molecule has 0 bridgehead atoms. The summed E-state index contributed by atoms with van der Waals surface area (Å²) in [5, 5.41) is 4.05. The van der Waals surface area contributed by atoms with E-state index in [0.29, 0.717) is 22.3 Å². The number of halogens is 3. The summed E-state index contributed by atoms with van der Waals surface area (Å²) < 4.78 is 43.2. The summed E-state index contributed by atoms with van der Waals surface area (Å²) >= 11 is 0. The van der Waals surface area contributed by atoms with Gasteiger partial charge in [0.05, 0.1) is 6.61 Å². The van der Waals surface area contributed by atoms with Crippen molar-refractivity contribution < 1.29 is 17.9 Å². The van der Waals surface area contributed by atoms with Gasteiger partial charge in [0.25, 0.3) is 0 Å². The minimum absolute atomic E-state index is 0.221. The van der Waals surface area contributed by atoms with E-state index in [1.165, 1.54) is 10.8 Å². The van der Waals surface area contributed by atoms with Crippen LogP contribution in [0.4, 0.5) is 24.7 Å². The van der Waals surface area contributed by atoms with Gasteiger partial charge < -0.3 is 16.2 Å². The topological polar surface area (TPSA) is 91.5 Å². The third kappa shape index (κ3) is 3.25. The second kappa shape index (κ2) is 6.00. The maximum Gasteiger partial charge on any atom is 0.411 e. The highest BCUT2D eigenvalue weighted by Gasteiger charge is 2.28. The van der Waals surface area contributed by atoms with Crippen molar-refractivity contribution in [2.75, 3.05) is 18.1 Å². The zero-order valence-corrected chi connectivity index (χ0v) is 12.4. The molecule has 0 unspecified atom stereocenters. The number of alkyl halides is 3. The number of fused-ring (bicyclic) bond motifs is 1. The van der Waals surface area contributed by atoms with Crippen LogP contribution >= 0.6 is 0 Å². The van der Waals surface area contributed by atoms with E-state index < -0.39 is 12.8 Å². The van der Waals surface area contributed by atoms with Gasteiger partial charge >= 0.3 is 6.18 Å². The van der Waals surface area contributed by atoms with Crippen LogP contribution in [0, 0.1) is 0 Å². The molecule has 0 aliphatic heterocycles. The summed E-state index contributed by atoms with van der Waals surface area (Å²) in [6, 6.07) is 6.90. The summed E-state index contributed by atoms with van der Waals surface area (Å²) in [6.07, 6.45) is -1.54. The van der Waals surface area contributed by atoms with Crippen LogP contribution in [-0.2, 0) is 11.3 Å². The molecule has 0 saturated heterocycles. The Morgan fingerprint density at radius 2 is 1.83 bits per heavy atom. The molecule has 0 aliphatic rings.